The van der Waals surface area contributed by atoms with Crippen LogP contribution in [0.3, 0.4) is 0 Å². The maximum Gasteiger partial charge on any atom is 0.303 e. The number of aliphatic carboxylic acids is 1. The van der Waals surface area contributed by atoms with E-state index in [2.05, 4.69) is 4.72 Å². The number of methoxy groups -OCH3 is 1. The summed E-state index contributed by atoms with van der Waals surface area (Å²) in [5, 5.41) is 8.74. The fraction of sp³-hybridized carbons (Fsp3) is 0.846. The van der Waals surface area contributed by atoms with E-state index in [-0.39, 0.29) is 30.5 Å². The van der Waals surface area contributed by atoms with Gasteiger partial charge in [-0.25, -0.2) is 13.1 Å². The number of nitrogens with one attached hydrogen (secondary N) is 1. The van der Waals surface area contributed by atoms with Crippen LogP contribution in [0.4, 0.5) is 0 Å². The van der Waals surface area contributed by atoms with Crippen LogP contribution < -0.4 is 4.72 Å². The van der Waals surface area contributed by atoms with Gasteiger partial charge in [-0.3, -0.25) is 9.59 Å². The van der Waals surface area contributed by atoms with Crippen LogP contribution in [-0.2, 0) is 24.3 Å². The Balaban J connectivity index is 2.30. The molecular weight excluding hydrogens is 312 g/mol. The Labute approximate surface area is 130 Å². The number of carboxylic acid groups (broad SMARTS) is 1. The van der Waals surface area contributed by atoms with Crippen molar-refractivity contribution >= 4 is 21.9 Å². The van der Waals surface area contributed by atoms with Gasteiger partial charge in [-0.2, -0.15) is 0 Å². The van der Waals surface area contributed by atoms with Gasteiger partial charge >= 0.3 is 5.97 Å². The number of carbonyl (C=O) groups excluding carboxylic acids is 1. The van der Waals surface area contributed by atoms with Crippen LogP contribution in [0.15, 0.2) is 0 Å². The third-order valence-corrected chi connectivity index (χ3v) is 5.05. The zero-order valence-electron chi connectivity index (χ0n) is 12.8. The molecule has 8 nitrogen and oxygen atoms in total. The predicted octanol–water partition coefficient (Wildman–Crippen LogP) is -0.344. The number of carbonyl (C=O) groups is 2. The largest absolute Gasteiger partial charge is 0.481 e. The first-order valence-corrected chi connectivity index (χ1v) is 8.95. The van der Waals surface area contributed by atoms with Crippen molar-refractivity contribution in [2.45, 2.75) is 25.7 Å². The van der Waals surface area contributed by atoms with Crippen LogP contribution in [0.2, 0.25) is 0 Å². The molecule has 0 atom stereocenters. The van der Waals surface area contributed by atoms with Crippen molar-refractivity contribution in [3.63, 3.8) is 0 Å². The molecule has 22 heavy (non-hydrogen) atoms. The SMILES string of the molecule is COCCCS(=O)(=O)NCC(=O)N1CCC(CC(=O)O)CC1. The second kappa shape index (κ2) is 9.06. The van der Waals surface area contributed by atoms with E-state index in [1.165, 1.54) is 7.11 Å². The van der Waals surface area contributed by atoms with Crippen molar-refractivity contribution in [2.24, 2.45) is 5.92 Å². The van der Waals surface area contributed by atoms with Crippen LogP contribution in [0.25, 0.3) is 0 Å². The first-order valence-electron chi connectivity index (χ1n) is 7.30. The summed E-state index contributed by atoms with van der Waals surface area (Å²) >= 11 is 0. The summed E-state index contributed by atoms with van der Waals surface area (Å²) in [6.07, 6.45) is 1.77. The summed E-state index contributed by atoms with van der Waals surface area (Å²) in [6, 6.07) is 0. The van der Waals surface area contributed by atoms with Gasteiger partial charge in [-0.15, -0.1) is 0 Å². The number of nitrogens with zero attached hydrogens (tertiary/aromatic N) is 1. The van der Waals surface area contributed by atoms with Crippen molar-refractivity contribution in [2.75, 3.05) is 39.1 Å². The number of rotatable bonds is 9. The molecule has 2 N–H and O–H groups in total. The van der Waals surface area contributed by atoms with Crippen molar-refractivity contribution < 1.29 is 27.9 Å². The minimum atomic E-state index is -3.47. The highest BCUT2D eigenvalue weighted by molar-refractivity contribution is 7.89. The Kier molecular flexibility index (Phi) is 7.77. The zero-order chi connectivity index (χ0) is 16.6. The molecule has 1 saturated heterocycles. The Morgan fingerprint density at radius 2 is 1.95 bits per heavy atom. The fourth-order valence-electron chi connectivity index (χ4n) is 2.38. The molecule has 0 spiro atoms. The van der Waals surface area contributed by atoms with Crippen LogP contribution >= 0.6 is 0 Å². The molecule has 1 rings (SSSR count). The lowest BCUT2D eigenvalue weighted by Gasteiger charge is -2.31. The van der Waals surface area contributed by atoms with E-state index in [4.69, 9.17) is 9.84 Å². The molecule has 0 unspecified atom stereocenters. The fourth-order valence-corrected chi connectivity index (χ4v) is 3.37. The summed E-state index contributed by atoms with van der Waals surface area (Å²) in [5.74, 6) is -1.08. The van der Waals surface area contributed by atoms with Gasteiger partial charge in [-0.1, -0.05) is 0 Å². The molecule has 0 aromatic carbocycles. The smallest absolute Gasteiger partial charge is 0.303 e. The van der Waals surface area contributed by atoms with Gasteiger partial charge in [0.25, 0.3) is 0 Å². The molecule has 1 aliphatic rings. The van der Waals surface area contributed by atoms with Crippen LogP contribution in [0.5, 0.6) is 0 Å². The lowest BCUT2D eigenvalue weighted by atomic mass is 9.93. The molecule has 0 bridgehead atoms. The summed E-state index contributed by atoms with van der Waals surface area (Å²) in [4.78, 5) is 24.2. The van der Waals surface area contributed by atoms with E-state index < -0.39 is 16.0 Å². The van der Waals surface area contributed by atoms with E-state index in [0.717, 1.165) is 0 Å². The second-order valence-corrected chi connectivity index (χ2v) is 7.33. The lowest BCUT2D eigenvalue weighted by molar-refractivity contribution is -0.138. The number of ether oxygens (including phenoxy) is 1. The van der Waals surface area contributed by atoms with E-state index in [0.29, 0.717) is 39.0 Å². The summed E-state index contributed by atoms with van der Waals surface area (Å²) in [7, 11) is -1.97. The Bertz CT molecular complexity index is 471. The number of hydrogen-bond donors (Lipinski definition) is 2. The number of amides is 1. The van der Waals surface area contributed by atoms with Crippen molar-refractivity contribution in [3.8, 4) is 0 Å². The summed E-state index contributed by atoms with van der Waals surface area (Å²) in [6.45, 7) is 1.05. The third-order valence-electron chi connectivity index (χ3n) is 3.64. The van der Waals surface area contributed by atoms with Crippen molar-refractivity contribution in [1.82, 2.24) is 9.62 Å². The molecule has 0 radical (unpaired) electrons. The molecule has 128 valence electrons. The van der Waals surface area contributed by atoms with Crippen LogP contribution in [-0.4, -0.2) is 69.4 Å². The molecule has 0 saturated carbocycles. The van der Waals surface area contributed by atoms with E-state index in [9.17, 15) is 18.0 Å². The summed E-state index contributed by atoms with van der Waals surface area (Å²) < 4.78 is 30.4. The minimum absolute atomic E-state index is 0.0746. The normalized spacial score (nSPS) is 16.7. The highest BCUT2D eigenvalue weighted by atomic mass is 32.2. The maximum atomic E-state index is 12.0. The molecule has 0 aromatic rings. The van der Waals surface area contributed by atoms with Crippen molar-refractivity contribution in [1.29, 1.82) is 0 Å². The minimum Gasteiger partial charge on any atom is -0.481 e. The van der Waals surface area contributed by atoms with Gasteiger partial charge in [0.2, 0.25) is 15.9 Å². The highest BCUT2D eigenvalue weighted by Crippen LogP contribution is 2.20. The zero-order valence-corrected chi connectivity index (χ0v) is 13.6. The first-order chi connectivity index (χ1) is 10.3. The van der Waals surface area contributed by atoms with Gasteiger partial charge in [-0.05, 0) is 25.2 Å². The van der Waals surface area contributed by atoms with Gasteiger partial charge in [0, 0.05) is 33.2 Å². The van der Waals surface area contributed by atoms with Gasteiger partial charge < -0.3 is 14.7 Å². The monoisotopic (exact) mass is 336 g/mol. The maximum absolute atomic E-state index is 12.0. The Morgan fingerprint density at radius 3 is 2.50 bits per heavy atom. The molecular formula is C13H24N2O6S. The predicted molar refractivity (Wildman–Crippen MR) is 79.8 cm³/mol. The van der Waals surface area contributed by atoms with E-state index in [1.807, 2.05) is 0 Å². The molecule has 0 aliphatic carbocycles. The van der Waals surface area contributed by atoms with Crippen LogP contribution in [0, 0.1) is 5.92 Å². The average Bonchev–Trinajstić information content (AvgIpc) is 2.45. The van der Waals surface area contributed by atoms with Crippen LogP contribution in [0.1, 0.15) is 25.7 Å². The number of piperidine rings is 1. The van der Waals surface area contributed by atoms with Crippen molar-refractivity contribution in [3.05, 3.63) is 0 Å². The molecule has 1 amide bonds. The number of carboxylic acids is 1. The lowest BCUT2D eigenvalue weighted by Crippen LogP contribution is -2.44. The van der Waals surface area contributed by atoms with E-state index in [1.54, 1.807) is 4.90 Å². The molecule has 9 heteroatoms. The number of sulfonamides is 1. The molecule has 1 heterocycles. The Morgan fingerprint density at radius 1 is 1.32 bits per heavy atom. The standard InChI is InChI=1S/C13H24N2O6S/c1-21-7-2-8-22(19,20)14-10-12(16)15-5-3-11(4-6-15)9-13(17)18/h11,14H,2-10H2,1H3,(H,17,18). The van der Waals surface area contributed by atoms with Gasteiger partial charge in [0.05, 0.1) is 12.3 Å². The molecule has 0 aromatic heterocycles. The number of likely N-dealkylation sites (tertiary alicyclic amines) is 1. The first kappa shape index (κ1) is 18.9. The summed E-state index contributed by atoms with van der Waals surface area (Å²) in [5.41, 5.74) is 0. The quantitative estimate of drug-likeness (QED) is 0.557. The topological polar surface area (TPSA) is 113 Å². The molecule has 1 fully saturated rings. The average molecular weight is 336 g/mol. The van der Waals surface area contributed by atoms with Gasteiger partial charge in [0.15, 0.2) is 0 Å². The third kappa shape index (κ3) is 7.19. The second-order valence-electron chi connectivity index (χ2n) is 5.41. The van der Waals surface area contributed by atoms with Gasteiger partial charge in [0.1, 0.15) is 0 Å². The molecule has 1 aliphatic heterocycles. The Hall–Kier alpha value is -1.19. The van der Waals surface area contributed by atoms with E-state index >= 15 is 0 Å². The highest BCUT2D eigenvalue weighted by Gasteiger charge is 2.24. The number of hydrogen-bond acceptors (Lipinski definition) is 5.